The van der Waals surface area contributed by atoms with Crippen LogP contribution in [0.4, 0.5) is 5.69 Å². The molecule has 0 atom stereocenters. The molecule has 7 heteroatoms. The SMILES string of the molecule is [B]c1cc(Cl)cc(C=Nc2cc(OC)c(OC)c(OC)c2)c1O. The van der Waals surface area contributed by atoms with E-state index in [0.29, 0.717) is 33.5 Å². The van der Waals surface area contributed by atoms with Crippen LogP contribution in [0.3, 0.4) is 0 Å². The first kappa shape index (κ1) is 17.0. The largest absolute Gasteiger partial charge is 0.508 e. The van der Waals surface area contributed by atoms with Gasteiger partial charge in [0, 0.05) is 28.9 Å². The molecule has 2 radical (unpaired) electrons. The number of benzene rings is 2. The van der Waals surface area contributed by atoms with Crippen molar-refractivity contribution in [2.45, 2.75) is 0 Å². The van der Waals surface area contributed by atoms with Gasteiger partial charge in [0.15, 0.2) is 11.5 Å². The minimum absolute atomic E-state index is 0.0782. The molecule has 0 amide bonds. The van der Waals surface area contributed by atoms with Crippen LogP contribution >= 0.6 is 11.6 Å². The second-order valence-electron chi connectivity index (χ2n) is 4.57. The number of ether oxygens (including phenoxy) is 3. The molecule has 1 N–H and O–H groups in total. The van der Waals surface area contributed by atoms with Crippen LogP contribution in [0.25, 0.3) is 0 Å². The van der Waals surface area contributed by atoms with E-state index in [2.05, 4.69) is 4.99 Å². The second-order valence-corrected chi connectivity index (χ2v) is 5.01. The number of halogens is 1. The maximum Gasteiger partial charge on any atom is 0.203 e. The van der Waals surface area contributed by atoms with Gasteiger partial charge in [0.05, 0.1) is 27.0 Å². The summed E-state index contributed by atoms with van der Waals surface area (Å²) < 4.78 is 15.8. The lowest BCUT2D eigenvalue weighted by atomic mass is 9.93. The van der Waals surface area contributed by atoms with Crippen molar-refractivity contribution in [1.82, 2.24) is 0 Å². The Morgan fingerprint density at radius 3 is 2.17 bits per heavy atom. The van der Waals surface area contributed by atoms with Gasteiger partial charge in [-0.25, -0.2) is 0 Å². The number of phenols is 1. The van der Waals surface area contributed by atoms with Crippen LogP contribution in [-0.2, 0) is 0 Å². The normalized spacial score (nSPS) is 10.8. The Kier molecular flexibility index (Phi) is 5.39. The van der Waals surface area contributed by atoms with Gasteiger partial charge in [-0.3, -0.25) is 4.99 Å². The molecule has 0 fully saturated rings. The zero-order valence-corrected chi connectivity index (χ0v) is 13.7. The molecule has 0 heterocycles. The van der Waals surface area contributed by atoms with Crippen LogP contribution < -0.4 is 19.7 Å². The minimum Gasteiger partial charge on any atom is -0.508 e. The average molecular weight is 332 g/mol. The van der Waals surface area contributed by atoms with Gasteiger partial charge in [0.25, 0.3) is 0 Å². The van der Waals surface area contributed by atoms with Crippen molar-refractivity contribution in [1.29, 1.82) is 0 Å². The van der Waals surface area contributed by atoms with E-state index in [0.717, 1.165) is 0 Å². The molecule has 0 aliphatic carbocycles. The number of hydrogen-bond acceptors (Lipinski definition) is 5. The van der Waals surface area contributed by atoms with Crippen molar-refractivity contribution in [2.24, 2.45) is 4.99 Å². The Morgan fingerprint density at radius 2 is 1.65 bits per heavy atom. The number of aliphatic imine (C=N–C) groups is 1. The van der Waals surface area contributed by atoms with Gasteiger partial charge >= 0.3 is 0 Å². The molecule has 0 bridgehead atoms. The van der Waals surface area contributed by atoms with Crippen molar-refractivity contribution in [3.8, 4) is 23.0 Å². The van der Waals surface area contributed by atoms with Gasteiger partial charge in [-0.1, -0.05) is 17.1 Å². The Morgan fingerprint density at radius 1 is 1.04 bits per heavy atom. The highest BCUT2D eigenvalue weighted by atomic mass is 35.5. The van der Waals surface area contributed by atoms with E-state index in [9.17, 15) is 5.11 Å². The molecular weight excluding hydrogens is 316 g/mol. The Labute approximate surface area is 140 Å². The lowest BCUT2D eigenvalue weighted by Gasteiger charge is -2.12. The van der Waals surface area contributed by atoms with Crippen LogP contribution in [0.5, 0.6) is 23.0 Å². The zero-order chi connectivity index (χ0) is 17.0. The fourth-order valence-electron chi connectivity index (χ4n) is 2.03. The predicted molar refractivity (Wildman–Crippen MR) is 91.9 cm³/mol. The van der Waals surface area contributed by atoms with E-state index in [-0.39, 0.29) is 11.2 Å². The summed E-state index contributed by atoms with van der Waals surface area (Å²) in [6.45, 7) is 0. The predicted octanol–water partition coefficient (Wildman–Crippen LogP) is 2.62. The average Bonchev–Trinajstić information content (AvgIpc) is 2.55. The maximum atomic E-state index is 9.94. The van der Waals surface area contributed by atoms with Gasteiger partial charge in [-0.2, -0.15) is 0 Å². The van der Waals surface area contributed by atoms with E-state index in [1.807, 2.05) is 0 Å². The summed E-state index contributed by atoms with van der Waals surface area (Å²) >= 11 is 5.93. The molecule has 5 nitrogen and oxygen atoms in total. The number of nitrogens with zero attached hydrogens (tertiary/aromatic N) is 1. The molecule has 0 unspecified atom stereocenters. The Hall–Kier alpha value is -2.34. The number of rotatable bonds is 5. The second kappa shape index (κ2) is 7.29. The lowest BCUT2D eigenvalue weighted by Crippen LogP contribution is -2.05. The van der Waals surface area contributed by atoms with Crippen molar-refractivity contribution in [3.63, 3.8) is 0 Å². The molecule has 0 spiro atoms. The van der Waals surface area contributed by atoms with Gasteiger partial charge in [0.1, 0.15) is 13.6 Å². The molecule has 0 aliphatic heterocycles. The fourth-order valence-corrected chi connectivity index (χ4v) is 2.26. The van der Waals surface area contributed by atoms with E-state index in [4.69, 9.17) is 33.7 Å². The maximum absolute atomic E-state index is 9.94. The molecule has 23 heavy (non-hydrogen) atoms. The Balaban J connectivity index is 2.44. The summed E-state index contributed by atoms with van der Waals surface area (Å²) in [4.78, 5) is 4.30. The van der Waals surface area contributed by atoms with Crippen molar-refractivity contribution in [3.05, 3.63) is 34.9 Å². The molecule has 0 aliphatic rings. The molecule has 0 saturated heterocycles. The van der Waals surface area contributed by atoms with Gasteiger partial charge < -0.3 is 19.3 Å². The molecule has 0 aromatic heterocycles. The van der Waals surface area contributed by atoms with Crippen molar-refractivity contribution < 1.29 is 19.3 Å². The molecule has 0 saturated carbocycles. The standard InChI is InChI=1S/C16H15BClNO4/c1-21-13-6-11(7-14(22-2)16(13)23-3)19-8-9-4-10(18)5-12(17)15(9)20/h4-8,20H,1-3H3. The first-order valence-corrected chi connectivity index (χ1v) is 7.00. The van der Waals surface area contributed by atoms with Gasteiger partial charge in [0.2, 0.25) is 5.75 Å². The van der Waals surface area contributed by atoms with E-state index in [1.165, 1.54) is 33.6 Å². The van der Waals surface area contributed by atoms with Crippen LogP contribution in [0.2, 0.25) is 5.02 Å². The highest BCUT2D eigenvalue weighted by Gasteiger charge is 2.13. The quantitative estimate of drug-likeness (QED) is 0.676. The molecule has 2 aromatic carbocycles. The highest BCUT2D eigenvalue weighted by molar-refractivity contribution is 6.38. The monoisotopic (exact) mass is 331 g/mol. The van der Waals surface area contributed by atoms with Crippen molar-refractivity contribution in [2.75, 3.05) is 21.3 Å². The third-order valence-electron chi connectivity index (χ3n) is 3.14. The lowest BCUT2D eigenvalue weighted by molar-refractivity contribution is 0.324. The fraction of sp³-hybridized carbons (Fsp3) is 0.188. The van der Waals surface area contributed by atoms with E-state index in [1.54, 1.807) is 18.2 Å². The van der Waals surface area contributed by atoms with Gasteiger partial charge in [-0.05, 0) is 12.1 Å². The summed E-state index contributed by atoms with van der Waals surface area (Å²) in [7, 11) is 10.2. The van der Waals surface area contributed by atoms with Crippen LogP contribution in [0, 0.1) is 0 Å². The zero-order valence-electron chi connectivity index (χ0n) is 13.0. The van der Waals surface area contributed by atoms with Crippen LogP contribution in [-0.4, -0.2) is 40.5 Å². The van der Waals surface area contributed by atoms with Crippen molar-refractivity contribution >= 4 is 36.8 Å². The number of aromatic hydroxyl groups is 1. The third kappa shape index (κ3) is 3.71. The van der Waals surface area contributed by atoms with E-state index < -0.39 is 0 Å². The van der Waals surface area contributed by atoms with E-state index >= 15 is 0 Å². The smallest absolute Gasteiger partial charge is 0.203 e. The third-order valence-corrected chi connectivity index (χ3v) is 3.35. The number of hydrogen-bond donors (Lipinski definition) is 1. The summed E-state index contributed by atoms with van der Waals surface area (Å²) in [6.07, 6.45) is 1.46. The molecule has 118 valence electrons. The molecule has 2 rings (SSSR count). The number of phenolic OH excluding ortho intramolecular Hbond substituents is 1. The van der Waals surface area contributed by atoms with Crippen LogP contribution in [0.1, 0.15) is 5.56 Å². The van der Waals surface area contributed by atoms with Crippen LogP contribution in [0.15, 0.2) is 29.3 Å². The summed E-state index contributed by atoms with van der Waals surface area (Å²) in [6, 6.07) is 6.40. The summed E-state index contributed by atoms with van der Waals surface area (Å²) in [5.41, 5.74) is 1.14. The Bertz CT molecular complexity index is 724. The number of methoxy groups -OCH3 is 3. The first-order valence-electron chi connectivity index (χ1n) is 6.62. The molecule has 2 aromatic rings. The van der Waals surface area contributed by atoms with Gasteiger partial charge in [-0.15, -0.1) is 0 Å². The highest BCUT2D eigenvalue weighted by Crippen LogP contribution is 2.40. The summed E-state index contributed by atoms with van der Waals surface area (Å²) in [5, 5.41) is 10.3. The minimum atomic E-state index is -0.0782. The topological polar surface area (TPSA) is 60.3 Å². The summed E-state index contributed by atoms with van der Waals surface area (Å²) in [5.74, 6) is 1.36. The first-order chi connectivity index (χ1) is 11.0. The molecular formula is C16H15BClNO4.